The molecule has 1 amide bonds. The summed E-state index contributed by atoms with van der Waals surface area (Å²) in [5.41, 5.74) is -0.946. The molecule has 1 heterocycles. The Kier molecular flexibility index (Phi) is 6.07. The van der Waals surface area contributed by atoms with Crippen LogP contribution in [0.25, 0.3) is 0 Å². The van der Waals surface area contributed by atoms with Gasteiger partial charge in [-0.1, -0.05) is 0 Å². The number of carbonyl (C=O) groups excluding carboxylic acids is 1. The summed E-state index contributed by atoms with van der Waals surface area (Å²) in [5, 5.41) is 24.7. The van der Waals surface area contributed by atoms with Crippen molar-refractivity contribution in [3.63, 3.8) is 0 Å². The van der Waals surface area contributed by atoms with Crippen molar-refractivity contribution < 1.29 is 19.7 Å². The second-order valence-corrected chi connectivity index (χ2v) is 8.01. The zero-order chi connectivity index (χ0) is 17.8. The predicted octanol–water partition coefficient (Wildman–Crippen LogP) is 3.00. The number of hydrazine groups is 1. The highest BCUT2D eigenvalue weighted by molar-refractivity contribution is 5.68. The van der Waals surface area contributed by atoms with E-state index < -0.39 is 11.1 Å². The van der Waals surface area contributed by atoms with E-state index in [4.69, 9.17) is 9.94 Å². The molecule has 0 saturated carbocycles. The van der Waals surface area contributed by atoms with Crippen molar-refractivity contribution in [3.8, 4) is 0 Å². The molecule has 1 aliphatic heterocycles. The fraction of sp³-hybridized carbons (Fsp3) is 0.933. The van der Waals surface area contributed by atoms with Crippen molar-refractivity contribution in [2.45, 2.75) is 65.5 Å². The maximum Gasteiger partial charge on any atom is 0.410 e. The Morgan fingerprint density at radius 3 is 2.22 bits per heavy atom. The fourth-order valence-corrected chi connectivity index (χ4v) is 2.52. The highest BCUT2D eigenvalue weighted by Crippen LogP contribution is 2.24. The summed E-state index contributed by atoms with van der Waals surface area (Å²) < 4.78 is 5.37. The summed E-state index contributed by atoms with van der Waals surface area (Å²) in [5.74, 6) is 0.256. The molecule has 1 N–H and O–H groups in total. The second kappa shape index (κ2) is 7.23. The first-order valence-corrected chi connectivity index (χ1v) is 8.02. The molecule has 8 heteroatoms. The minimum Gasteiger partial charge on any atom is -0.569 e. The van der Waals surface area contributed by atoms with Crippen LogP contribution in [-0.2, 0) is 4.74 Å². The third kappa shape index (κ3) is 6.11. The largest absolute Gasteiger partial charge is 0.569 e. The minimum atomic E-state index is -0.497. The van der Waals surface area contributed by atoms with Crippen molar-refractivity contribution >= 4 is 6.09 Å². The van der Waals surface area contributed by atoms with Crippen molar-refractivity contribution in [1.29, 1.82) is 0 Å². The van der Waals surface area contributed by atoms with Crippen LogP contribution in [0.5, 0.6) is 0 Å². The van der Waals surface area contributed by atoms with Crippen LogP contribution in [-0.4, -0.2) is 57.0 Å². The summed E-state index contributed by atoms with van der Waals surface area (Å²) in [4.78, 5) is 14.0. The fourth-order valence-electron chi connectivity index (χ4n) is 2.52. The van der Waals surface area contributed by atoms with Gasteiger partial charge in [0, 0.05) is 13.1 Å². The van der Waals surface area contributed by atoms with E-state index in [0.29, 0.717) is 19.6 Å². The molecular formula is C15H30N4O4. The van der Waals surface area contributed by atoms with Crippen LogP contribution in [0.1, 0.15) is 54.4 Å². The Bertz CT molecular complexity index is 432. The van der Waals surface area contributed by atoms with Crippen LogP contribution < -0.4 is 0 Å². The highest BCUT2D eigenvalue weighted by Gasteiger charge is 2.34. The summed E-state index contributed by atoms with van der Waals surface area (Å²) in [6, 6.07) is 0. The molecule has 1 saturated heterocycles. The van der Waals surface area contributed by atoms with Gasteiger partial charge in [0.25, 0.3) is 0 Å². The number of amides is 1. The van der Waals surface area contributed by atoms with Gasteiger partial charge in [0.15, 0.2) is 0 Å². The van der Waals surface area contributed by atoms with Crippen LogP contribution in [0.4, 0.5) is 4.79 Å². The van der Waals surface area contributed by atoms with Crippen molar-refractivity contribution in [2.24, 2.45) is 11.2 Å². The molecule has 0 aromatic carbocycles. The lowest BCUT2D eigenvalue weighted by Gasteiger charge is -2.37. The van der Waals surface area contributed by atoms with Gasteiger partial charge in [-0.3, -0.25) is 0 Å². The van der Waals surface area contributed by atoms with Gasteiger partial charge in [0.05, 0.1) is 17.1 Å². The van der Waals surface area contributed by atoms with E-state index in [9.17, 15) is 10.0 Å². The average Bonchev–Trinajstić information content (AvgIpc) is 2.41. The lowest BCUT2D eigenvalue weighted by Crippen LogP contribution is -2.50. The zero-order valence-corrected chi connectivity index (χ0v) is 15.1. The summed E-state index contributed by atoms with van der Waals surface area (Å²) in [6.07, 6.45) is 1.27. The first kappa shape index (κ1) is 19.3. The predicted molar refractivity (Wildman–Crippen MR) is 84.8 cm³/mol. The number of rotatable bonds is 3. The van der Waals surface area contributed by atoms with Crippen LogP contribution in [0.2, 0.25) is 0 Å². The van der Waals surface area contributed by atoms with E-state index in [0.717, 1.165) is 12.8 Å². The van der Waals surface area contributed by atoms with Crippen LogP contribution in [0.15, 0.2) is 5.28 Å². The molecule has 8 nitrogen and oxygen atoms in total. The van der Waals surface area contributed by atoms with Gasteiger partial charge >= 0.3 is 6.09 Å². The first-order valence-electron chi connectivity index (χ1n) is 8.02. The smallest absolute Gasteiger partial charge is 0.410 e. The Balaban J connectivity index is 2.57. The molecule has 23 heavy (non-hydrogen) atoms. The molecule has 0 bridgehead atoms. The van der Waals surface area contributed by atoms with Gasteiger partial charge in [-0.25, -0.2) is 4.79 Å². The molecule has 0 aromatic rings. The van der Waals surface area contributed by atoms with E-state index in [1.54, 1.807) is 4.90 Å². The molecule has 1 rings (SSSR count). The normalized spacial score (nSPS) is 18.0. The lowest BCUT2D eigenvalue weighted by atomic mass is 9.95. The minimum absolute atomic E-state index is 0.236. The number of hydrogen-bond donors (Lipinski definition) is 1. The van der Waals surface area contributed by atoms with E-state index in [1.807, 2.05) is 41.5 Å². The molecule has 0 spiro atoms. The molecule has 1 aliphatic rings. The monoisotopic (exact) mass is 330 g/mol. The molecule has 0 aromatic heterocycles. The van der Waals surface area contributed by atoms with Crippen LogP contribution in [0.3, 0.4) is 0 Å². The third-order valence-electron chi connectivity index (χ3n) is 3.75. The topological polar surface area (TPSA) is 91.4 Å². The number of nitrogens with zero attached hydrogens (tertiary/aromatic N) is 4. The van der Waals surface area contributed by atoms with E-state index in [2.05, 4.69) is 5.28 Å². The molecular weight excluding hydrogens is 300 g/mol. The molecule has 134 valence electrons. The van der Waals surface area contributed by atoms with E-state index in [1.165, 1.54) is 5.01 Å². The molecule has 0 unspecified atom stereocenters. The summed E-state index contributed by atoms with van der Waals surface area (Å²) >= 11 is 0. The van der Waals surface area contributed by atoms with Gasteiger partial charge in [-0.2, -0.15) is 0 Å². The summed E-state index contributed by atoms with van der Waals surface area (Å²) in [6.45, 7) is 12.9. The van der Waals surface area contributed by atoms with Crippen LogP contribution in [0, 0.1) is 11.1 Å². The Hall–Kier alpha value is -1.73. The van der Waals surface area contributed by atoms with E-state index >= 15 is 0 Å². The number of likely N-dealkylation sites (tertiary alicyclic amines) is 1. The number of ether oxygens (including phenoxy) is 1. The van der Waals surface area contributed by atoms with Crippen LogP contribution >= 0.6 is 0 Å². The zero-order valence-electron chi connectivity index (χ0n) is 15.1. The SMILES string of the molecule is CC(C)(C)OC(=O)N1CCC(CN([N+]([O-])=NO)C(C)(C)C)CC1. The van der Waals surface area contributed by atoms with Gasteiger partial charge in [-0.05, 0) is 60.3 Å². The first-order chi connectivity index (χ1) is 10.4. The van der Waals surface area contributed by atoms with Gasteiger partial charge < -0.3 is 20.1 Å². The lowest BCUT2D eigenvalue weighted by molar-refractivity contribution is -0.725. The van der Waals surface area contributed by atoms with Crippen molar-refractivity contribution in [2.75, 3.05) is 19.6 Å². The molecule has 0 radical (unpaired) electrons. The highest BCUT2D eigenvalue weighted by atomic mass is 16.6. The van der Waals surface area contributed by atoms with Crippen molar-refractivity contribution in [3.05, 3.63) is 5.21 Å². The quantitative estimate of drug-likeness (QED) is 0.488. The molecule has 1 fully saturated rings. The number of hydrogen-bond acceptors (Lipinski definition) is 4. The standard InChI is InChI=1S/C15H30N4O4/c1-14(2,3)18(19(22)16-21)11-12-7-9-17(10-8-12)13(20)23-15(4,5)6/h12,21H,7-11H2,1-6H3. The van der Waals surface area contributed by atoms with Gasteiger partial charge in [0.1, 0.15) is 5.60 Å². The van der Waals surface area contributed by atoms with Gasteiger partial charge in [0.2, 0.25) is 5.28 Å². The maximum atomic E-state index is 12.0. The average molecular weight is 330 g/mol. The summed E-state index contributed by atoms with van der Waals surface area (Å²) in [7, 11) is 0. The Morgan fingerprint density at radius 1 is 1.30 bits per heavy atom. The Labute approximate surface area is 138 Å². The van der Waals surface area contributed by atoms with Gasteiger partial charge in [-0.15, -0.1) is 5.01 Å². The van der Waals surface area contributed by atoms with Crippen molar-refractivity contribution in [1.82, 2.24) is 9.91 Å². The number of carbonyl (C=O) groups is 1. The molecule has 0 atom stereocenters. The van der Waals surface area contributed by atoms with E-state index in [-0.39, 0.29) is 17.0 Å². The second-order valence-electron chi connectivity index (χ2n) is 8.01. The Morgan fingerprint density at radius 2 is 1.83 bits per heavy atom. The molecule has 0 aliphatic carbocycles. The maximum absolute atomic E-state index is 12.0. The third-order valence-corrected chi connectivity index (χ3v) is 3.75. The number of piperidine rings is 1.